The van der Waals surface area contributed by atoms with Crippen LogP contribution in [0.5, 0.6) is 0 Å². The van der Waals surface area contributed by atoms with E-state index in [9.17, 15) is 18.1 Å². The van der Waals surface area contributed by atoms with Gasteiger partial charge in [-0.3, -0.25) is 4.55 Å². The average molecular weight is 337 g/mol. The van der Waals surface area contributed by atoms with Gasteiger partial charge in [0.25, 0.3) is 10.1 Å². The molecule has 0 rings (SSSR count). The largest absolute Gasteiger partial charge is 0.392 e. The molecule has 0 aliphatic heterocycles. The summed E-state index contributed by atoms with van der Waals surface area (Å²) >= 11 is 0. The molecule has 22 heavy (non-hydrogen) atoms. The number of unbranched alkanes of at least 4 members (excludes halogenated alkanes) is 9. The first-order valence-electron chi connectivity index (χ1n) is 9.07. The molecule has 2 atom stereocenters. The first kappa shape index (κ1) is 21.9. The van der Waals surface area contributed by atoms with Crippen molar-refractivity contribution in [2.45, 2.75) is 109 Å². The van der Waals surface area contributed by atoms with E-state index in [1.807, 2.05) is 6.92 Å². The van der Waals surface area contributed by atoms with E-state index in [2.05, 4.69) is 6.92 Å². The van der Waals surface area contributed by atoms with E-state index in [1.54, 1.807) is 0 Å². The lowest BCUT2D eigenvalue weighted by Gasteiger charge is -2.20. The molecule has 0 heterocycles. The maximum absolute atomic E-state index is 11.4. The molecule has 0 aromatic carbocycles. The van der Waals surface area contributed by atoms with E-state index in [1.165, 1.54) is 38.5 Å². The molecule has 2 N–H and O–H groups in total. The van der Waals surface area contributed by atoms with Crippen LogP contribution in [0.3, 0.4) is 0 Å². The van der Waals surface area contributed by atoms with Crippen LogP contribution in [0.1, 0.15) is 97.3 Å². The smallest absolute Gasteiger partial charge is 0.270 e. The van der Waals surface area contributed by atoms with Crippen LogP contribution in [-0.2, 0) is 10.1 Å². The summed E-state index contributed by atoms with van der Waals surface area (Å²) in [6.45, 7) is 4.20. The van der Waals surface area contributed by atoms with E-state index in [4.69, 9.17) is 0 Å². The summed E-state index contributed by atoms with van der Waals surface area (Å²) in [7, 11) is -4.15. The van der Waals surface area contributed by atoms with E-state index in [0.29, 0.717) is 12.8 Å². The van der Waals surface area contributed by atoms with Crippen LogP contribution in [0.4, 0.5) is 0 Å². The summed E-state index contributed by atoms with van der Waals surface area (Å²) in [5, 5.41) is 8.95. The van der Waals surface area contributed by atoms with Gasteiger partial charge in [0, 0.05) is 0 Å². The lowest BCUT2D eigenvalue weighted by molar-refractivity contribution is 0.147. The quantitative estimate of drug-likeness (QED) is 0.335. The molecule has 0 aromatic rings. The van der Waals surface area contributed by atoms with Gasteiger partial charge in [-0.05, 0) is 12.8 Å². The Labute approximate surface area is 137 Å². The zero-order valence-corrected chi connectivity index (χ0v) is 15.3. The van der Waals surface area contributed by atoms with E-state index < -0.39 is 21.5 Å². The summed E-state index contributed by atoms with van der Waals surface area (Å²) < 4.78 is 32.1. The van der Waals surface area contributed by atoms with Crippen molar-refractivity contribution in [1.82, 2.24) is 0 Å². The molecule has 0 amide bonds. The number of rotatable bonds is 15. The summed E-state index contributed by atoms with van der Waals surface area (Å²) in [4.78, 5) is 0. The molecule has 0 saturated carbocycles. The fraction of sp³-hybridized carbons (Fsp3) is 1.00. The highest BCUT2D eigenvalue weighted by molar-refractivity contribution is 7.86. The van der Waals surface area contributed by atoms with Gasteiger partial charge in [-0.1, -0.05) is 84.5 Å². The Kier molecular flexibility index (Phi) is 13.2. The second kappa shape index (κ2) is 13.3. The molecule has 0 aromatic heterocycles. The van der Waals surface area contributed by atoms with Crippen molar-refractivity contribution >= 4 is 10.1 Å². The molecule has 0 aliphatic rings. The van der Waals surface area contributed by atoms with Gasteiger partial charge in [-0.25, -0.2) is 0 Å². The van der Waals surface area contributed by atoms with Crippen LogP contribution in [0.25, 0.3) is 0 Å². The molecule has 0 aliphatic carbocycles. The molecule has 5 heteroatoms. The van der Waals surface area contributed by atoms with Crippen molar-refractivity contribution in [3.05, 3.63) is 0 Å². The van der Waals surface area contributed by atoms with Gasteiger partial charge in [0.15, 0.2) is 0 Å². The predicted molar refractivity (Wildman–Crippen MR) is 92.7 cm³/mol. The van der Waals surface area contributed by atoms with Gasteiger partial charge in [-0.15, -0.1) is 0 Å². The molecule has 2 unspecified atom stereocenters. The monoisotopic (exact) mass is 336 g/mol. The Morgan fingerprint density at radius 3 is 1.64 bits per heavy atom. The molecular weight excluding hydrogens is 300 g/mol. The highest BCUT2D eigenvalue weighted by Gasteiger charge is 2.29. The molecule has 0 bridgehead atoms. The standard InChI is InChI=1S/C17H36O4S/c1-3-5-7-8-9-10-11-12-13-15-17(22(19,20)21)16(18)14-6-4-2/h16-18H,3-15H2,1-2H3,(H,19,20,21). The van der Waals surface area contributed by atoms with Crippen molar-refractivity contribution in [2.75, 3.05) is 0 Å². The average Bonchev–Trinajstić information content (AvgIpc) is 2.45. The maximum Gasteiger partial charge on any atom is 0.270 e. The van der Waals surface area contributed by atoms with Crippen LogP contribution in [0.15, 0.2) is 0 Å². The van der Waals surface area contributed by atoms with E-state index in [0.717, 1.165) is 32.1 Å². The predicted octanol–water partition coefficient (Wildman–Crippen LogP) is 4.71. The Balaban J connectivity index is 3.86. The molecule has 0 spiro atoms. The van der Waals surface area contributed by atoms with Crippen LogP contribution in [0, 0.1) is 0 Å². The number of aliphatic hydroxyl groups excluding tert-OH is 1. The normalized spacial score (nSPS) is 14.9. The summed E-state index contributed by atoms with van der Waals surface area (Å²) in [6.07, 6.45) is 12.0. The minimum atomic E-state index is -4.15. The lowest BCUT2D eigenvalue weighted by atomic mass is 10.0. The summed E-state index contributed by atoms with van der Waals surface area (Å²) in [5.41, 5.74) is 0. The van der Waals surface area contributed by atoms with Crippen LogP contribution >= 0.6 is 0 Å². The molecule has 134 valence electrons. The Morgan fingerprint density at radius 2 is 1.18 bits per heavy atom. The molecule has 0 saturated heterocycles. The van der Waals surface area contributed by atoms with Gasteiger partial charge in [0.05, 0.1) is 6.10 Å². The first-order chi connectivity index (χ1) is 10.4. The Hall–Kier alpha value is -0.130. The third-order valence-electron chi connectivity index (χ3n) is 4.26. The second-order valence-corrected chi connectivity index (χ2v) is 8.02. The fourth-order valence-corrected chi connectivity index (χ4v) is 3.79. The SMILES string of the molecule is CCCCCCCCCCCC(C(O)CCCC)S(=O)(=O)O. The van der Waals surface area contributed by atoms with Crippen molar-refractivity contribution in [2.24, 2.45) is 0 Å². The van der Waals surface area contributed by atoms with Crippen molar-refractivity contribution in [3.8, 4) is 0 Å². The topological polar surface area (TPSA) is 74.6 Å². The number of aliphatic hydroxyl groups is 1. The van der Waals surface area contributed by atoms with Gasteiger partial charge in [0.1, 0.15) is 5.25 Å². The summed E-state index contributed by atoms with van der Waals surface area (Å²) in [5.74, 6) is 0. The third-order valence-corrected chi connectivity index (χ3v) is 5.57. The highest BCUT2D eigenvalue weighted by atomic mass is 32.2. The van der Waals surface area contributed by atoms with Gasteiger partial charge < -0.3 is 5.11 Å². The van der Waals surface area contributed by atoms with Crippen LogP contribution in [0.2, 0.25) is 0 Å². The third kappa shape index (κ3) is 11.4. The highest BCUT2D eigenvalue weighted by Crippen LogP contribution is 2.19. The molecule has 0 fully saturated rings. The fourth-order valence-electron chi connectivity index (χ4n) is 2.80. The lowest BCUT2D eigenvalue weighted by Crippen LogP contribution is -2.33. The van der Waals surface area contributed by atoms with Gasteiger partial charge in [-0.2, -0.15) is 8.42 Å². The molecular formula is C17H36O4S. The van der Waals surface area contributed by atoms with E-state index >= 15 is 0 Å². The number of hydrogen-bond acceptors (Lipinski definition) is 3. The van der Waals surface area contributed by atoms with Crippen LogP contribution < -0.4 is 0 Å². The Morgan fingerprint density at radius 1 is 0.727 bits per heavy atom. The van der Waals surface area contributed by atoms with Crippen molar-refractivity contribution < 1.29 is 18.1 Å². The molecule has 4 nitrogen and oxygen atoms in total. The summed E-state index contributed by atoms with van der Waals surface area (Å²) in [6, 6.07) is 0. The Bertz CT molecular complexity index is 341. The van der Waals surface area contributed by atoms with Gasteiger partial charge in [0.2, 0.25) is 0 Å². The zero-order valence-electron chi connectivity index (χ0n) is 14.5. The van der Waals surface area contributed by atoms with Crippen molar-refractivity contribution in [3.63, 3.8) is 0 Å². The van der Waals surface area contributed by atoms with Crippen LogP contribution in [-0.4, -0.2) is 29.4 Å². The first-order valence-corrected chi connectivity index (χ1v) is 10.6. The number of hydrogen-bond donors (Lipinski definition) is 2. The molecule has 0 radical (unpaired) electrons. The van der Waals surface area contributed by atoms with Crippen molar-refractivity contribution in [1.29, 1.82) is 0 Å². The minimum Gasteiger partial charge on any atom is -0.392 e. The maximum atomic E-state index is 11.4. The second-order valence-electron chi connectivity index (χ2n) is 6.38. The van der Waals surface area contributed by atoms with Gasteiger partial charge >= 0.3 is 0 Å². The zero-order chi connectivity index (χ0) is 16.8. The minimum absolute atomic E-state index is 0.361. The van der Waals surface area contributed by atoms with E-state index in [-0.39, 0.29) is 0 Å².